The summed E-state index contributed by atoms with van der Waals surface area (Å²) in [5.41, 5.74) is 0.402. The molecule has 3 unspecified atom stereocenters. The van der Waals surface area contributed by atoms with Crippen LogP contribution in [-0.4, -0.2) is 38.9 Å². The number of pyridine rings is 1. The van der Waals surface area contributed by atoms with E-state index in [1.807, 2.05) is 17.0 Å². The number of nitrogens with zero attached hydrogens (tertiary/aromatic N) is 3. The largest absolute Gasteiger partial charge is 0.444 e. The molecule has 148 valence electrons. The summed E-state index contributed by atoms with van der Waals surface area (Å²) in [4.78, 5) is 23.8. The molecule has 0 aliphatic carbocycles. The monoisotopic (exact) mass is 456 g/mol. The van der Waals surface area contributed by atoms with Gasteiger partial charge in [0.2, 0.25) is 5.89 Å². The van der Waals surface area contributed by atoms with Crippen LogP contribution in [0, 0.1) is 5.82 Å². The summed E-state index contributed by atoms with van der Waals surface area (Å²) >= 11 is 3.39. The minimum Gasteiger partial charge on any atom is -0.444 e. The minimum atomic E-state index is -0.515. The highest BCUT2D eigenvalue weighted by molar-refractivity contribution is 9.10. The first-order valence-corrected chi connectivity index (χ1v) is 10.3. The molecule has 2 fully saturated rings. The first kappa shape index (κ1) is 18.3. The Balaban J connectivity index is 1.43. The molecule has 2 aliphatic rings. The molecule has 3 atom stereocenters. The van der Waals surface area contributed by atoms with E-state index in [0.717, 1.165) is 29.6 Å². The number of anilines is 1. The standard InChI is InChI=1S/C21H18BrFN4O2/c22-12-4-7-18(25-11-12)26-16-10-13-5-6-17(16)27(13)21(28)14-2-1-3-15(23)19(14)20-24-8-9-29-20/h1-4,7-9,11,13,16-17H,5-6,10H2,(H,25,26). The van der Waals surface area contributed by atoms with Crippen LogP contribution < -0.4 is 5.32 Å². The lowest BCUT2D eigenvalue weighted by Gasteiger charge is -2.26. The predicted molar refractivity (Wildman–Crippen MR) is 109 cm³/mol. The van der Waals surface area contributed by atoms with Crippen LogP contribution in [0.5, 0.6) is 0 Å². The number of carbonyl (C=O) groups is 1. The minimum absolute atomic E-state index is 0.0404. The van der Waals surface area contributed by atoms with Crippen molar-refractivity contribution in [3.05, 3.63) is 64.8 Å². The van der Waals surface area contributed by atoms with Gasteiger partial charge in [-0.3, -0.25) is 4.79 Å². The maximum atomic E-state index is 14.6. The second-order valence-electron chi connectivity index (χ2n) is 7.36. The fraction of sp³-hybridized carbons (Fsp3) is 0.286. The number of oxazole rings is 1. The van der Waals surface area contributed by atoms with Gasteiger partial charge in [-0.1, -0.05) is 6.07 Å². The third kappa shape index (κ3) is 3.21. The van der Waals surface area contributed by atoms with Crippen molar-refractivity contribution in [3.63, 3.8) is 0 Å². The van der Waals surface area contributed by atoms with Crippen molar-refractivity contribution in [1.82, 2.24) is 14.9 Å². The van der Waals surface area contributed by atoms with Crippen molar-refractivity contribution in [1.29, 1.82) is 0 Å². The first-order chi connectivity index (χ1) is 14.1. The second-order valence-corrected chi connectivity index (χ2v) is 8.27. The summed E-state index contributed by atoms with van der Waals surface area (Å²) in [6.45, 7) is 0. The SMILES string of the molecule is O=C(c1cccc(F)c1-c1ncco1)N1C2CCC1C(Nc1ccc(Br)cn1)C2. The number of benzene rings is 1. The van der Waals surface area contributed by atoms with Crippen LogP contribution in [0.25, 0.3) is 11.5 Å². The molecule has 0 spiro atoms. The third-order valence-corrected chi connectivity index (χ3v) is 6.19. The maximum Gasteiger partial charge on any atom is 0.255 e. The lowest BCUT2D eigenvalue weighted by molar-refractivity contribution is 0.0727. The van der Waals surface area contributed by atoms with Crippen molar-refractivity contribution >= 4 is 27.7 Å². The summed E-state index contributed by atoms with van der Waals surface area (Å²) in [5.74, 6) is 0.202. The Morgan fingerprint density at radius 3 is 2.90 bits per heavy atom. The number of carbonyl (C=O) groups excluding carboxylic acids is 1. The maximum absolute atomic E-state index is 14.6. The molecule has 8 heteroatoms. The average molecular weight is 457 g/mol. The van der Waals surface area contributed by atoms with Crippen molar-refractivity contribution in [2.24, 2.45) is 0 Å². The van der Waals surface area contributed by atoms with Crippen LogP contribution in [0.1, 0.15) is 29.6 Å². The van der Waals surface area contributed by atoms with E-state index in [-0.39, 0.29) is 41.1 Å². The van der Waals surface area contributed by atoms with Crippen LogP contribution in [0.2, 0.25) is 0 Å². The molecule has 3 aromatic rings. The van der Waals surface area contributed by atoms with Crippen molar-refractivity contribution < 1.29 is 13.6 Å². The summed E-state index contributed by atoms with van der Waals surface area (Å²) in [5, 5.41) is 3.46. The zero-order chi connectivity index (χ0) is 20.0. The normalized spacial score (nSPS) is 22.8. The molecule has 6 nitrogen and oxygen atoms in total. The number of rotatable bonds is 4. The zero-order valence-electron chi connectivity index (χ0n) is 15.4. The van der Waals surface area contributed by atoms with Gasteiger partial charge < -0.3 is 14.6 Å². The van der Waals surface area contributed by atoms with E-state index >= 15 is 0 Å². The molecule has 0 saturated carbocycles. The second kappa shape index (κ2) is 7.26. The van der Waals surface area contributed by atoms with Gasteiger partial charge in [0.1, 0.15) is 17.9 Å². The number of fused-ring (bicyclic) bond motifs is 2. The van der Waals surface area contributed by atoms with Gasteiger partial charge in [-0.05, 0) is 59.5 Å². The molecular formula is C21H18BrFN4O2. The Morgan fingerprint density at radius 2 is 2.14 bits per heavy atom. The van der Waals surface area contributed by atoms with Crippen LogP contribution in [0.3, 0.4) is 0 Å². The van der Waals surface area contributed by atoms with E-state index in [2.05, 4.69) is 31.2 Å². The van der Waals surface area contributed by atoms with Gasteiger partial charge in [-0.15, -0.1) is 0 Å². The number of amides is 1. The Labute approximate surface area is 175 Å². The van der Waals surface area contributed by atoms with Crippen LogP contribution in [-0.2, 0) is 0 Å². The van der Waals surface area contributed by atoms with Gasteiger partial charge in [0.15, 0.2) is 0 Å². The zero-order valence-corrected chi connectivity index (χ0v) is 17.0. The molecule has 1 aromatic carbocycles. The molecule has 2 aromatic heterocycles. The third-order valence-electron chi connectivity index (χ3n) is 5.72. The van der Waals surface area contributed by atoms with Gasteiger partial charge in [0.05, 0.1) is 23.4 Å². The molecule has 29 heavy (non-hydrogen) atoms. The molecule has 2 saturated heterocycles. The highest BCUT2D eigenvalue weighted by Crippen LogP contribution is 2.41. The molecule has 5 rings (SSSR count). The smallest absolute Gasteiger partial charge is 0.255 e. The van der Waals surface area contributed by atoms with Crippen molar-refractivity contribution in [2.75, 3.05) is 5.32 Å². The van der Waals surface area contributed by atoms with Gasteiger partial charge in [0.25, 0.3) is 5.91 Å². The first-order valence-electron chi connectivity index (χ1n) is 9.51. The highest BCUT2D eigenvalue weighted by Gasteiger charge is 2.49. The number of hydrogen-bond donors (Lipinski definition) is 1. The molecule has 1 N–H and O–H groups in total. The number of halogens is 2. The van der Waals surface area contributed by atoms with Crippen LogP contribution in [0.4, 0.5) is 10.2 Å². The molecule has 2 aliphatic heterocycles. The van der Waals surface area contributed by atoms with Crippen LogP contribution >= 0.6 is 15.9 Å². The Kier molecular flexibility index (Phi) is 4.58. The van der Waals surface area contributed by atoms with Gasteiger partial charge >= 0.3 is 0 Å². The number of hydrogen-bond acceptors (Lipinski definition) is 5. The Hall–Kier alpha value is -2.74. The highest BCUT2D eigenvalue weighted by atomic mass is 79.9. The van der Waals surface area contributed by atoms with E-state index in [4.69, 9.17) is 4.42 Å². The fourth-order valence-corrected chi connectivity index (χ4v) is 4.75. The predicted octanol–water partition coefficient (Wildman–Crippen LogP) is 4.50. The van der Waals surface area contributed by atoms with Crippen LogP contribution in [0.15, 0.2) is 57.9 Å². The summed E-state index contributed by atoms with van der Waals surface area (Å²) in [6, 6.07) is 8.63. The summed E-state index contributed by atoms with van der Waals surface area (Å²) in [7, 11) is 0. The average Bonchev–Trinajstić information content (AvgIpc) is 3.45. The molecule has 1 amide bonds. The van der Waals surface area contributed by atoms with E-state index in [1.54, 1.807) is 18.3 Å². The molecular weight excluding hydrogens is 439 g/mol. The fourth-order valence-electron chi connectivity index (χ4n) is 4.52. The Morgan fingerprint density at radius 1 is 1.24 bits per heavy atom. The topological polar surface area (TPSA) is 71.3 Å². The van der Waals surface area contributed by atoms with E-state index in [9.17, 15) is 9.18 Å². The lowest BCUT2D eigenvalue weighted by Crippen LogP contribution is -2.40. The number of nitrogens with one attached hydrogen (secondary N) is 1. The van der Waals surface area contributed by atoms with E-state index in [1.165, 1.54) is 18.5 Å². The summed E-state index contributed by atoms with van der Waals surface area (Å²) < 4.78 is 20.8. The number of aromatic nitrogens is 2. The molecule has 0 radical (unpaired) electrons. The molecule has 4 heterocycles. The quantitative estimate of drug-likeness (QED) is 0.625. The van der Waals surface area contributed by atoms with Gasteiger partial charge in [-0.25, -0.2) is 14.4 Å². The van der Waals surface area contributed by atoms with E-state index < -0.39 is 5.82 Å². The molecule has 2 bridgehead atoms. The van der Waals surface area contributed by atoms with Crippen molar-refractivity contribution in [3.8, 4) is 11.5 Å². The Bertz CT molecular complexity index is 1040. The van der Waals surface area contributed by atoms with Gasteiger partial charge in [0, 0.05) is 22.8 Å². The lowest BCUT2D eigenvalue weighted by atomic mass is 9.95. The van der Waals surface area contributed by atoms with Gasteiger partial charge in [-0.2, -0.15) is 0 Å². The van der Waals surface area contributed by atoms with Crippen molar-refractivity contribution in [2.45, 2.75) is 37.4 Å². The van der Waals surface area contributed by atoms with E-state index in [0.29, 0.717) is 0 Å². The summed E-state index contributed by atoms with van der Waals surface area (Å²) in [6.07, 6.45) is 7.27.